The number of anilines is 1. The predicted molar refractivity (Wildman–Crippen MR) is 114 cm³/mol. The Morgan fingerprint density at radius 3 is 2.76 bits per heavy atom. The molecule has 0 aliphatic rings. The van der Waals surface area contributed by atoms with Gasteiger partial charge in [0.05, 0.1) is 18.4 Å². The van der Waals surface area contributed by atoms with Gasteiger partial charge < -0.3 is 19.4 Å². The molecule has 1 N–H and O–H groups in total. The quantitative estimate of drug-likeness (QED) is 0.563. The average molecular weight is 396 g/mol. The van der Waals surface area contributed by atoms with Gasteiger partial charge in [0.25, 0.3) is 0 Å². The molecule has 7 nitrogen and oxygen atoms in total. The van der Waals surface area contributed by atoms with E-state index >= 15 is 0 Å². The zero-order valence-electron chi connectivity index (χ0n) is 17.2. The van der Waals surface area contributed by atoms with Gasteiger partial charge in [-0.25, -0.2) is 9.97 Å². The Bertz CT molecular complexity index is 927. The van der Waals surface area contributed by atoms with Crippen LogP contribution in [0.15, 0.2) is 47.1 Å². The van der Waals surface area contributed by atoms with E-state index in [1.54, 1.807) is 13.4 Å². The number of ether oxygens (including phenoxy) is 1. The Labute approximate surface area is 171 Å². The normalized spacial score (nSPS) is 12.1. The van der Waals surface area contributed by atoms with E-state index in [2.05, 4.69) is 22.1 Å². The van der Waals surface area contributed by atoms with Crippen molar-refractivity contribution in [3.8, 4) is 11.6 Å². The number of furan rings is 1. The summed E-state index contributed by atoms with van der Waals surface area (Å²) in [5.74, 6) is 1.94. The second kappa shape index (κ2) is 10.0. The fourth-order valence-corrected chi connectivity index (χ4v) is 3.03. The van der Waals surface area contributed by atoms with Crippen molar-refractivity contribution in [3.05, 3.63) is 42.7 Å². The van der Waals surface area contributed by atoms with Crippen molar-refractivity contribution in [3.63, 3.8) is 0 Å². The Hall–Kier alpha value is -2.93. The van der Waals surface area contributed by atoms with Crippen LogP contribution in [0, 0.1) is 0 Å². The third-order valence-electron chi connectivity index (χ3n) is 4.82. The Kier molecular flexibility index (Phi) is 7.19. The molecule has 154 valence electrons. The van der Waals surface area contributed by atoms with E-state index in [1.165, 1.54) is 0 Å². The fourth-order valence-electron chi connectivity index (χ4n) is 3.03. The summed E-state index contributed by atoms with van der Waals surface area (Å²) in [6.07, 6.45) is 2.89. The molecular formula is C22H28N4O3. The summed E-state index contributed by atoms with van der Waals surface area (Å²) < 4.78 is 10.8. The van der Waals surface area contributed by atoms with Crippen molar-refractivity contribution in [2.45, 2.75) is 32.7 Å². The highest BCUT2D eigenvalue weighted by atomic mass is 16.5. The summed E-state index contributed by atoms with van der Waals surface area (Å²) in [4.78, 5) is 23.8. The van der Waals surface area contributed by atoms with Crippen LogP contribution in [-0.2, 0) is 9.53 Å². The molecule has 0 saturated carbocycles. The third-order valence-corrected chi connectivity index (χ3v) is 4.82. The summed E-state index contributed by atoms with van der Waals surface area (Å²) in [5, 5.41) is 3.95. The molecule has 0 radical (unpaired) electrons. The van der Waals surface area contributed by atoms with Gasteiger partial charge in [0.1, 0.15) is 5.82 Å². The molecular weight excluding hydrogens is 368 g/mol. The van der Waals surface area contributed by atoms with Crippen LogP contribution in [0.1, 0.15) is 26.7 Å². The monoisotopic (exact) mass is 396 g/mol. The van der Waals surface area contributed by atoms with Crippen LogP contribution >= 0.6 is 0 Å². The van der Waals surface area contributed by atoms with Crippen LogP contribution < -0.4 is 10.2 Å². The highest BCUT2D eigenvalue weighted by Crippen LogP contribution is 2.27. The van der Waals surface area contributed by atoms with Crippen molar-refractivity contribution in [2.75, 3.05) is 31.7 Å². The van der Waals surface area contributed by atoms with Crippen LogP contribution in [0.25, 0.3) is 22.5 Å². The molecule has 3 aromatic rings. The molecule has 1 aromatic carbocycles. The molecule has 0 fully saturated rings. The van der Waals surface area contributed by atoms with E-state index in [1.807, 2.05) is 43.3 Å². The standard InChI is InChI=1S/C22H28N4O3/c1-4-16(2)23-20(27)11-12-26(13-15-28-3)22-17-8-5-6-9-18(17)24-21(25-22)19-10-7-14-29-19/h5-10,14,16H,4,11-13,15H2,1-3H3,(H,23,27). The topological polar surface area (TPSA) is 80.5 Å². The fraction of sp³-hybridized carbons (Fsp3) is 0.409. The van der Waals surface area contributed by atoms with Gasteiger partial charge in [0.15, 0.2) is 11.6 Å². The number of hydrogen-bond acceptors (Lipinski definition) is 6. The molecule has 1 atom stereocenters. The largest absolute Gasteiger partial charge is 0.461 e. The van der Waals surface area contributed by atoms with Crippen molar-refractivity contribution in [2.24, 2.45) is 0 Å². The van der Waals surface area contributed by atoms with Gasteiger partial charge in [-0.2, -0.15) is 0 Å². The molecule has 2 aromatic heterocycles. The van der Waals surface area contributed by atoms with Crippen LogP contribution in [0.5, 0.6) is 0 Å². The lowest BCUT2D eigenvalue weighted by molar-refractivity contribution is -0.121. The van der Waals surface area contributed by atoms with Crippen molar-refractivity contribution in [1.82, 2.24) is 15.3 Å². The molecule has 29 heavy (non-hydrogen) atoms. The van der Waals surface area contributed by atoms with E-state index in [0.717, 1.165) is 23.1 Å². The van der Waals surface area contributed by atoms with Gasteiger partial charge in [-0.3, -0.25) is 4.79 Å². The number of carbonyl (C=O) groups is 1. The zero-order valence-corrected chi connectivity index (χ0v) is 17.2. The van der Waals surface area contributed by atoms with Crippen LogP contribution in [0.4, 0.5) is 5.82 Å². The summed E-state index contributed by atoms with van der Waals surface area (Å²) in [6, 6.07) is 11.7. The highest BCUT2D eigenvalue weighted by Gasteiger charge is 2.18. The SMILES string of the molecule is CCC(C)NC(=O)CCN(CCOC)c1nc(-c2ccco2)nc2ccccc12. The second-order valence-corrected chi connectivity index (χ2v) is 6.97. The summed E-state index contributed by atoms with van der Waals surface area (Å²) in [7, 11) is 1.67. The van der Waals surface area contributed by atoms with Crippen LogP contribution in [0.3, 0.4) is 0 Å². The van der Waals surface area contributed by atoms with Gasteiger partial charge in [-0.1, -0.05) is 19.1 Å². The van der Waals surface area contributed by atoms with E-state index in [0.29, 0.717) is 37.7 Å². The first kappa shape index (κ1) is 20.8. The number of nitrogens with zero attached hydrogens (tertiary/aromatic N) is 3. The molecule has 1 amide bonds. The number of aromatic nitrogens is 2. The summed E-state index contributed by atoms with van der Waals surface area (Å²) in [6.45, 7) is 5.74. The number of hydrogen-bond donors (Lipinski definition) is 1. The Balaban J connectivity index is 1.92. The number of methoxy groups -OCH3 is 1. The first-order chi connectivity index (χ1) is 14.1. The van der Waals surface area contributed by atoms with E-state index < -0.39 is 0 Å². The van der Waals surface area contributed by atoms with Crippen molar-refractivity contribution >= 4 is 22.6 Å². The molecule has 0 spiro atoms. The van der Waals surface area contributed by atoms with Crippen molar-refractivity contribution in [1.29, 1.82) is 0 Å². The molecule has 2 heterocycles. The van der Waals surface area contributed by atoms with Gasteiger partial charge >= 0.3 is 0 Å². The molecule has 0 bridgehead atoms. The lowest BCUT2D eigenvalue weighted by atomic mass is 10.2. The predicted octanol–water partition coefficient (Wildman–Crippen LogP) is 3.65. The Morgan fingerprint density at radius 1 is 1.21 bits per heavy atom. The number of nitrogens with one attached hydrogen (secondary N) is 1. The van der Waals surface area contributed by atoms with Gasteiger partial charge in [0.2, 0.25) is 5.91 Å². The Morgan fingerprint density at radius 2 is 2.03 bits per heavy atom. The average Bonchev–Trinajstić information content (AvgIpc) is 3.28. The minimum Gasteiger partial charge on any atom is -0.461 e. The maximum absolute atomic E-state index is 12.3. The number of para-hydroxylation sites is 1. The smallest absolute Gasteiger partial charge is 0.221 e. The number of rotatable bonds is 10. The van der Waals surface area contributed by atoms with E-state index in [9.17, 15) is 4.79 Å². The van der Waals surface area contributed by atoms with Gasteiger partial charge in [-0.15, -0.1) is 0 Å². The number of benzene rings is 1. The minimum absolute atomic E-state index is 0.0337. The number of carbonyl (C=O) groups excluding carboxylic acids is 1. The third kappa shape index (κ3) is 5.32. The van der Waals surface area contributed by atoms with Crippen LogP contribution in [-0.4, -0.2) is 48.7 Å². The lowest BCUT2D eigenvalue weighted by Gasteiger charge is -2.25. The molecule has 7 heteroatoms. The lowest BCUT2D eigenvalue weighted by Crippen LogP contribution is -2.36. The van der Waals surface area contributed by atoms with Crippen molar-refractivity contribution < 1.29 is 13.9 Å². The highest BCUT2D eigenvalue weighted by molar-refractivity contribution is 5.91. The first-order valence-electron chi connectivity index (χ1n) is 9.96. The molecule has 0 saturated heterocycles. The minimum atomic E-state index is 0.0337. The van der Waals surface area contributed by atoms with Gasteiger partial charge in [0, 0.05) is 38.0 Å². The molecule has 3 rings (SSSR count). The molecule has 0 aliphatic carbocycles. The molecule has 0 aliphatic heterocycles. The van der Waals surface area contributed by atoms with E-state index in [4.69, 9.17) is 14.1 Å². The second-order valence-electron chi connectivity index (χ2n) is 6.97. The summed E-state index contributed by atoms with van der Waals surface area (Å²) in [5.41, 5.74) is 0.829. The van der Waals surface area contributed by atoms with Crippen LogP contribution in [0.2, 0.25) is 0 Å². The van der Waals surface area contributed by atoms with Gasteiger partial charge in [-0.05, 0) is 37.6 Å². The maximum Gasteiger partial charge on any atom is 0.221 e. The number of fused-ring (bicyclic) bond motifs is 1. The number of amides is 1. The zero-order chi connectivity index (χ0) is 20.6. The maximum atomic E-state index is 12.3. The summed E-state index contributed by atoms with van der Waals surface area (Å²) >= 11 is 0. The van der Waals surface area contributed by atoms with E-state index in [-0.39, 0.29) is 11.9 Å². The first-order valence-corrected chi connectivity index (χ1v) is 9.96. The molecule has 1 unspecified atom stereocenters.